The largest absolute Gasteiger partial charge is 0.381 e. The summed E-state index contributed by atoms with van der Waals surface area (Å²) in [6.45, 7) is 4.33. The van der Waals surface area contributed by atoms with E-state index in [2.05, 4.69) is 38.9 Å². The fourth-order valence-corrected chi connectivity index (χ4v) is 0.536. The van der Waals surface area contributed by atoms with E-state index in [0.29, 0.717) is 0 Å². The van der Waals surface area contributed by atoms with Gasteiger partial charge < -0.3 is 4.90 Å². The normalized spacial score (nSPS) is 11.8. The first kappa shape index (κ1) is 8.54. The first-order valence-electron chi connectivity index (χ1n) is 3.52. The van der Waals surface area contributed by atoms with Crippen molar-refractivity contribution < 1.29 is 0 Å². The highest BCUT2D eigenvalue weighted by Gasteiger charge is 1.87. The maximum atomic E-state index is 2.26. The Balaban J connectivity index is 3.55. The zero-order valence-corrected chi connectivity index (χ0v) is 6.94. The van der Waals surface area contributed by atoms with Gasteiger partial charge in [0.25, 0.3) is 0 Å². The summed E-state index contributed by atoms with van der Waals surface area (Å²) in [5, 5.41) is 0. The van der Waals surface area contributed by atoms with Crippen LogP contribution in [0.3, 0.4) is 0 Å². The van der Waals surface area contributed by atoms with Gasteiger partial charge in [0.05, 0.1) is 0 Å². The van der Waals surface area contributed by atoms with Crippen LogP contribution in [-0.2, 0) is 0 Å². The molecule has 0 rings (SSSR count). The highest BCUT2D eigenvalue weighted by molar-refractivity contribution is 4.94. The van der Waals surface area contributed by atoms with Gasteiger partial charge in [-0.2, -0.15) is 0 Å². The monoisotopic (exact) mass is 127 g/mol. The van der Waals surface area contributed by atoms with Gasteiger partial charge in [0, 0.05) is 19.8 Å². The molecular weight excluding hydrogens is 110 g/mol. The van der Waals surface area contributed by atoms with E-state index in [0.717, 1.165) is 0 Å². The van der Waals surface area contributed by atoms with Crippen LogP contribution in [0, 0.1) is 0 Å². The Morgan fingerprint density at radius 1 is 1.44 bits per heavy atom. The lowest BCUT2D eigenvalue weighted by Gasteiger charge is -2.11. The van der Waals surface area contributed by atoms with Gasteiger partial charge in [0.2, 0.25) is 0 Å². The summed E-state index contributed by atoms with van der Waals surface area (Å²) < 4.78 is 0. The average Bonchev–Trinajstić information content (AvgIpc) is 1.82. The van der Waals surface area contributed by atoms with E-state index < -0.39 is 0 Å². The molecule has 1 nitrogen and oxygen atoms in total. The SMILES string of the molecule is CCCC=C(C)N(C)C. The number of unbranched alkanes of at least 4 members (excludes halogenated alkanes) is 1. The van der Waals surface area contributed by atoms with E-state index in [1.807, 2.05) is 0 Å². The third-order valence-corrected chi connectivity index (χ3v) is 1.43. The summed E-state index contributed by atoms with van der Waals surface area (Å²) in [6.07, 6.45) is 4.70. The van der Waals surface area contributed by atoms with E-state index in [9.17, 15) is 0 Å². The predicted molar refractivity (Wildman–Crippen MR) is 42.4 cm³/mol. The molecule has 0 N–H and O–H groups in total. The summed E-state index contributed by atoms with van der Waals surface area (Å²) >= 11 is 0. The maximum Gasteiger partial charge on any atom is 0.00579 e. The van der Waals surface area contributed by atoms with Gasteiger partial charge in [-0.25, -0.2) is 0 Å². The van der Waals surface area contributed by atoms with Gasteiger partial charge in [0.1, 0.15) is 0 Å². The van der Waals surface area contributed by atoms with Crippen molar-refractivity contribution in [2.45, 2.75) is 26.7 Å². The molecule has 0 unspecified atom stereocenters. The summed E-state index contributed by atoms with van der Waals surface area (Å²) in [5.74, 6) is 0. The summed E-state index contributed by atoms with van der Waals surface area (Å²) in [7, 11) is 4.14. The van der Waals surface area contributed by atoms with Crippen molar-refractivity contribution in [2.75, 3.05) is 14.1 Å². The van der Waals surface area contributed by atoms with E-state index in [4.69, 9.17) is 0 Å². The van der Waals surface area contributed by atoms with Crippen LogP contribution in [0.5, 0.6) is 0 Å². The quantitative estimate of drug-likeness (QED) is 0.562. The number of hydrogen-bond donors (Lipinski definition) is 0. The van der Waals surface area contributed by atoms with Crippen LogP contribution in [0.1, 0.15) is 26.7 Å². The van der Waals surface area contributed by atoms with Crippen molar-refractivity contribution >= 4 is 0 Å². The molecular formula is C8H17N. The van der Waals surface area contributed by atoms with Crippen LogP contribution >= 0.6 is 0 Å². The molecule has 0 aromatic carbocycles. The Hall–Kier alpha value is -0.460. The molecule has 0 bridgehead atoms. The Kier molecular flexibility index (Phi) is 4.20. The summed E-state index contributed by atoms with van der Waals surface area (Å²) in [5.41, 5.74) is 1.36. The van der Waals surface area contributed by atoms with Gasteiger partial charge in [-0.1, -0.05) is 19.4 Å². The van der Waals surface area contributed by atoms with Gasteiger partial charge >= 0.3 is 0 Å². The number of nitrogens with zero attached hydrogens (tertiary/aromatic N) is 1. The summed E-state index contributed by atoms with van der Waals surface area (Å²) in [6, 6.07) is 0. The van der Waals surface area contributed by atoms with Crippen LogP contribution in [0.15, 0.2) is 11.8 Å². The third-order valence-electron chi connectivity index (χ3n) is 1.43. The maximum absolute atomic E-state index is 2.26. The number of allylic oxidation sites excluding steroid dienone is 2. The lowest BCUT2D eigenvalue weighted by Crippen LogP contribution is -2.07. The van der Waals surface area contributed by atoms with Gasteiger partial charge in [-0.3, -0.25) is 0 Å². The molecule has 0 heterocycles. The van der Waals surface area contributed by atoms with Crippen molar-refractivity contribution in [3.05, 3.63) is 11.8 Å². The van der Waals surface area contributed by atoms with Crippen molar-refractivity contribution in [1.82, 2.24) is 4.90 Å². The molecule has 0 saturated carbocycles. The van der Waals surface area contributed by atoms with Crippen LogP contribution in [0.25, 0.3) is 0 Å². The third kappa shape index (κ3) is 4.07. The number of hydrogen-bond acceptors (Lipinski definition) is 1. The minimum absolute atomic E-state index is 1.20. The van der Waals surface area contributed by atoms with E-state index in [1.165, 1.54) is 18.5 Å². The molecule has 0 aliphatic carbocycles. The van der Waals surface area contributed by atoms with Crippen molar-refractivity contribution in [3.63, 3.8) is 0 Å². The van der Waals surface area contributed by atoms with Crippen LogP contribution in [0.2, 0.25) is 0 Å². The van der Waals surface area contributed by atoms with Crippen molar-refractivity contribution in [1.29, 1.82) is 0 Å². The molecule has 0 fully saturated rings. The second-order valence-electron chi connectivity index (χ2n) is 2.53. The van der Waals surface area contributed by atoms with Crippen LogP contribution in [0.4, 0.5) is 0 Å². The Bertz CT molecular complexity index is 92.7. The summed E-state index contributed by atoms with van der Waals surface area (Å²) in [4.78, 5) is 2.13. The van der Waals surface area contributed by atoms with Gasteiger partial charge in [-0.15, -0.1) is 0 Å². The second kappa shape index (κ2) is 4.42. The fraction of sp³-hybridized carbons (Fsp3) is 0.750. The fourth-order valence-electron chi connectivity index (χ4n) is 0.536. The molecule has 0 amide bonds. The minimum atomic E-state index is 1.20. The molecule has 54 valence electrons. The predicted octanol–water partition coefficient (Wildman–Crippen LogP) is 2.25. The molecule has 1 heteroatoms. The Morgan fingerprint density at radius 2 is 2.00 bits per heavy atom. The first-order valence-corrected chi connectivity index (χ1v) is 3.52. The molecule has 0 spiro atoms. The topological polar surface area (TPSA) is 3.24 Å². The van der Waals surface area contributed by atoms with E-state index in [1.54, 1.807) is 0 Å². The highest BCUT2D eigenvalue weighted by Crippen LogP contribution is 1.99. The lowest BCUT2D eigenvalue weighted by atomic mass is 10.3. The minimum Gasteiger partial charge on any atom is -0.381 e. The number of rotatable bonds is 3. The average molecular weight is 127 g/mol. The molecule has 0 aliphatic heterocycles. The molecule has 9 heavy (non-hydrogen) atoms. The lowest BCUT2D eigenvalue weighted by molar-refractivity contribution is 0.510. The molecule has 0 aromatic heterocycles. The zero-order chi connectivity index (χ0) is 7.28. The Labute approximate surface area is 58.4 Å². The molecule has 0 aliphatic rings. The second-order valence-corrected chi connectivity index (χ2v) is 2.53. The smallest absolute Gasteiger partial charge is 0.00579 e. The molecule has 0 aromatic rings. The standard InChI is InChI=1S/C8H17N/c1-5-6-7-8(2)9(3)4/h7H,5-6H2,1-4H3. The zero-order valence-electron chi connectivity index (χ0n) is 6.94. The van der Waals surface area contributed by atoms with Crippen LogP contribution in [-0.4, -0.2) is 19.0 Å². The molecule has 0 saturated heterocycles. The molecule has 0 atom stereocenters. The van der Waals surface area contributed by atoms with Gasteiger partial charge in [0.15, 0.2) is 0 Å². The first-order chi connectivity index (χ1) is 4.18. The van der Waals surface area contributed by atoms with Crippen LogP contribution < -0.4 is 0 Å². The van der Waals surface area contributed by atoms with Gasteiger partial charge in [-0.05, 0) is 13.3 Å². The molecule has 0 radical (unpaired) electrons. The Morgan fingerprint density at radius 3 is 2.33 bits per heavy atom. The van der Waals surface area contributed by atoms with Crippen molar-refractivity contribution in [3.8, 4) is 0 Å². The van der Waals surface area contributed by atoms with Crippen molar-refractivity contribution in [2.24, 2.45) is 0 Å². The van der Waals surface area contributed by atoms with E-state index >= 15 is 0 Å². The van der Waals surface area contributed by atoms with E-state index in [-0.39, 0.29) is 0 Å². The highest BCUT2D eigenvalue weighted by atomic mass is 15.1.